The topological polar surface area (TPSA) is 105 Å². The Kier molecular flexibility index (Phi) is 5.50. The Labute approximate surface area is 181 Å². The van der Waals surface area contributed by atoms with E-state index >= 15 is 0 Å². The molecule has 4 rings (SSSR count). The van der Waals surface area contributed by atoms with Crippen molar-refractivity contribution >= 4 is 51.0 Å². The van der Waals surface area contributed by atoms with Crippen molar-refractivity contribution in [2.75, 3.05) is 11.1 Å². The van der Waals surface area contributed by atoms with Crippen molar-refractivity contribution < 1.29 is 9.32 Å². The third-order valence-corrected chi connectivity index (χ3v) is 6.78. The summed E-state index contributed by atoms with van der Waals surface area (Å²) in [4.78, 5) is 13.2. The molecule has 1 aliphatic rings. The van der Waals surface area contributed by atoms with Crippen LogP contribution in [0.5, 0.6) is 0 Å². The Hall–Kier alpha value is -2.53. The molecule has 1 saturated carbocycles. The highest BCUT2D eigenvalue weighted by molar-refractivity contribution is 7.19. The first-order valence-electron chi connectivity index (χ1n) is 9.03. The second-order valence-corrected chi connectivity index (χ2v) is 8.66. The van der Waals surface area contributed by atoms with Gasteiger partial charge in [0.25, 0.3) is 0 Å². The van der Waals surface area contributed by atoms with E-state index in [0.29, 0.717) is 37.9 Å². The zero-order valence-electron chi connectivity index (χ0n) is 15.2. The van der Waals surface area contributed by atoms with Crippen LogP contribution in [-0.4, -0.2) is 17.0 Å². The summed E-state index contributed by atoms with van der Waals surface area (Å²) in [5, 5.41) is 18.3. The number of nitrogen functional groups attached to an aromatic ring is 1. The van der Waals surface area contributed by atoms with Crippen molar-refractivity contribution in [3.05, 3.63) is 50.5 Å². The van der Waals surface area contributed by atoms with Gasteiger partial charge in [-0.1, -0.05) is 47.3 Å². The number of benzene rings is 1. The first-order chi connectivity index (χ1) is 14.0. The molecule has 0 bridgehead atoms. The molecule has 9 heteroatoms. The number of anilines is 2. The predicted molar refractivity (Wildman–Crippen MR) is 115 cm³/mol. The summed E-state index contributed by atoms with van der Waals surface area (Å²) in [6, 6.07) is 8.95. The highest BCUT2D eigenvalue weighted by atomic mass is 35.5. The number of aromatic nitrogens is 1. The van der Waals surface area contributed by atoms with Crippen LogP contribution in [0.25, 0.3) is 11.3 Å². The van der Waals surface area contributed by atoms with E-state index in [1.54, 1.807) is 18.2 Å². The maximum atomic E-state index is 13.0. The molecule has 3 aromatic rings. The zero-order valence-corrected chi connectivity index (χ0v) is 17.5. The third kappa shape index (κ3) is 3.84. The zero-order chi connectivity index (χ0) is 20.5. The van der Waals surface area contributed by atoms with Crippen LogP contribution in [0, 0.1) is 11.3 Å². The van der Waals surface area contributed by atoms with Gasteiger partial charge in [-0.15, -0.1) is 11.3 Å². The van der Waals surface area contributed by atoms with E-state index in [0.717, 1.165) is 25.7 Å². The van der Waals surface area contributed by atoms with Crippen LogP contribution in [0.4, 0.5) is 10.7 Å². The quantitative estimate of drug-likeness (QED) is 0.483. The average Bonchev–Trinajstić information content (AvgIpc) is 3.44. The van der Waals surface area contributed by atoms with Crippen molar-refractivity contribution in [1.82, 2.24) is 5.16 Å². The highest BCUT2D eigenvalue weighted by Gasteiger charge is 2.27. The first-order valence-corrected chi connectivity index (χ1v) is 10.6. The molecule has 0 amide bonds. The van der Waals surface area contributed by atoms with Crippen molar-refractivity contribution in [2.24, 2.45) is 0 Å². The number of halogens is 2. The normalized spacial score (nSPS) is 14.1. The largest absolute Gasteiger partial charge is 0.396 e. The number of hydrogen-bond donors (Lipinski definition) is 2. The molecule has 2 heterocycles. The van der Waals surface area contributed by atoms with Crippen LogP contribution in [-0.2, 0) is 0 Å². The maximum absolute atomic E-state index is 13.0. The fourth-order valence-corrected chi connectivity index (χ4v) is 4.76. The molecule has 1 fully saturated rings. The van der Waals surface area contributed by atoms with Crippen LogP contribution >= 0.6 is 34.5 Å². The summed E-state index contributed by atoms with van der Waals surface area (Å²) >= 11 is 13.2. The van der Waals surface area contributed by atoms with E-state index in [1.165, 1.54) is 17.4 Å². The molecular formula is C20H16Cl2N4O2S. The maximum Gasteiger partial charge on any atom is 0.243 e. The van der Waals surface area contributed by atoms with E-state index in [-0.39, 0.29) is 16.3 Å². The average molecular weight is 447 g/mol. The number of thiophene rings is 1. The molecule has 6 nitrogen and oxygen atoms in total. The fourth-order valence-electron chi connectivity index (χ4n) is 3.37. The lowest BCUT2D eigenvalue weighted by Crippen LogP contribution is -2.14. The van der Waals surface area contributed by atoms with Gasteiger partial charge in [0.15, 0.2) is 0 Å². The highest BCUT2D eigenvalue weighted by Crippen LogP contribution is 2.38. The number of ketones is 1. The Morgan fingerprint density at radius 2 is 2.03 bits per heavy atom. The van der Waals surface area contributed by atoms with Crippen molar-refractivity contribution in [2.45, 2.75) is 31.7 Å². The summed E-state index contributed by atoms with van der Waals surface area (Å²) in [5.74, 6) is -0.377. The van der Waals surface area contributed by atoms with Crippen molar-refractivity contribution in [3.63, 3.8) is 0 Å². The molecule has 1 aliphatic carbocycles. The van der Waals surface area contributed by atoms with Crippen LogP contribution in [0.2, 0.25) is 10.0 Å². The SMILES string of the molecule is N#Cc1c(NC2CCCC2)sc(C(=O)c2cc(-c3ccc(Cl)c(Cl)c3)no2)c1N. The standard InChI is InChI=1S/C20H16Cl2N4O2S/c21-13-6-5-10(7-14(13)22)15-8-16(28-26-15)18(27)19-17(24)12(9-23)20(29-19)25-11-3-1-2-4-11/h5-8,11,25H,1-4,24H2. The number of carbonyl (C=O) groups excluding carboxylic acids is 1. The van der Waals surface area contributed by atoms with E-state index in [4.69, 9.17) is 33.5 Å². The van der Waals surface area contributed by atoms with Crippen molar-refractivity contribution in [1.29, 1.82) is 5.26 Å². The number of hydrogen-bond acceptors (Lipinski definition) is 7. The number of rotatable bonds is 5. The summed E-state index contributed by atoms with van der Waals surface area (Å²) in [6.07, 6.45) is 4.39. The predicted octanol–water partition coefficient (Wildman–Crippen LogP) is 5.75. The molecule has 148 valence electrons. The minimum absolute atomic E-state index is 0.0379. The van der Waals surface area contributed by atoms with E-state index in [1.807, 2.05) is 0 Å². The van der Waals surface area contributed by atoms with Crippen LogP contribution in [0.3, 0.4) is 0 Å². The lowest BCUT2D eigenvalue weighted by Gasteiger charge is -2.11. The van der Waals surface area contributed by atoms with Gasteiger partial charge in [0.05, 0.1) is 15.7 Å². The summed E-state index contributed by atoms with van der Waals surface area (Å²) in [7, 11) is 0. The van der Waals surface area contributed by atoms with E-state index in [2.05, 4.69) is 16.5 Å². The molecule has 2 aromatic heterocycles. The van der Waals surface area contributed by atoms with Gasteiger partial charge in [0.1, 0.15) is 27.2 Å². The number of carbonyl (C=O) groups is 1. The molecule has 0 aliphatic heterocycles. The Morgan fingerprint density at radius 1 is 1.28 bits per heavy atom. The Morgan fingerprint density at radius 3 is 2.72 bits per heavy atom. The fraction of sp³-hybridized carbons (Fsp3) is 0.250. The summed E-state index contributed by atoms with van der Waals surface area (Å²) in [5.41, 5.74) is 7.70. The molecule has 0 unspecified atom stereocenters. The van der Waals surface area contributed by atoms with Gasteiger partial charge in [-0.25, -0.2) is 0 Å². The second kappa shape index (κ2) is 8.07. The Bertz CT molecular complexity index is 1130. The van der Waals surface area contributed by atoms with Gasteiger partial charge in [-0.3, -0.25) is 4.79 Å². The van der Waals surface area contributed by atoms with Crippen molar-refractivity contribution in [3.8, 4) is 17.3 Å². The minimum Gasteiger partial charge on any atom is -0.396 e. The van der Waals surface area contributed by atoms with Gasteiger partial charge < -0.3 is 15.6 Å². The molecule has 3 N–H and O–H groups in total. The number of nitriles is 1. The summed E-state index contributed by atoms with van der Waals surface area (Å²) in [6.45, 7) is 0. The summed E-state index contributed by atoms with van der Waals surface area (Å²) < 4.78 is 5.25. The Balaban J connectivity index is 1.63. The smallest absolute Gasteiger partial charge is 0.243 e. The molecule has 0 spiro atoms. The number of nitrogens with two attached hydrogens (primary N) is 1. The lowest BCUT2D eigenvalue weighted by molar-refractivity contribution is 0.100. The number of nitrogens with zero attached hydrogens (tertiary/aromatic N) is 2. The molecule has 0 saturated heterocycles. The van der Waals surface area contributed by atoms with Gasteiger partial charge in [0, 0.05) is 17.7 Å². The monoisotopic (exact) mass is 446 g/mol. The first kappa shape index (κ1) is 19.8. The van der Waals surface area contributed by atoms with Crippen LogP contribution in [0.1, 0.15) is 46.7 Å². The third-order valence-electron chi connectivity index (χ3n) is 4.90. The van der Waals surface area contributed by atoms with Crippen LogP contribution < -0.4 is 11.1 Å². The molecule has 0 atom stereocenters. The minimum atomic E-state index is -0.415. The van der Waals surface area contributed by atoms with Gasteiger partial charge in [-0.2, -0.15) is 5.26 Å². The van der Waals surface area contributed by atoms with Gasteiger partial charge in [-0.05, 0) is 25.0 Å². The molecular weight excluding hydrogens is 431 g/mol. The van der Waals surface area contributed by atoms with E-state index in [9.17, 15) is 10.1 Å². The number of nitrogens with one attached hydrogen (secondary N) is 1. The molecule has 29 heavy (non-hydrogen) atoms. The van der Waals surface area contributed by atoms with Gasteiger partial charge >= 0.3 is 0 Å². The lowest BCUT2D eigenvalue weighted by atomic mass is 10.1. The van der Waals surface area contributed by atoms with Crippen LogP contribution in [0.15, 0.2) is 28.8 Å². The molecule has 1 aromatic carbocycles. The van der Waals surface area contributed by atoms with Gasteiger partial charge in [0.2, 0.25) is 11.5 Å². The second-order valence-electron chi connectivity index (χ2n) is 6.82. The molecule has 0 radical (unpaired) electrons. The van der Waals surface area contributed by atoms with E-state index < -0.39 is 5.78 Å².